The second kappa shape index (κ2) is 4.04. The topological polar surface area (TPSA) is 43.4 Å². The smallest absolute Gasteiger partial charge is 0.172 e. The van der Waals surface area contributed by atoms with E-state index in [2.05, 4.69) is 0 Å². The molecule has 0 amide bonds. The predicted octanol–water partition coefficient (Wildman–Crippen LogP) is 1.08. The Morgan fingerprint density at radius 3 is 2.67 bits per heavy atom. The van der Waals surface area contributed by atoms with E-state index in [0.29, 0.717) is 12.9 Å². The number of ketones is 1. The number of hydrogen-bond acceptors (Lipinski definition) is 3. The predicted molar refractivity (Wildman–Crippen MR) is 43.5 cm³/mol. The summed E-state index contributed by atoms with van der Waals surface area (Å²) in [5.41, 5.74) is 0.166. The summed E-state index contributed by atoms with van der Waals surface area (Å²) in [5, 5.41) is 0. The Morgan fingerprint density at radius 1 is 1.58 bits per heavy atom. The summed E-state index contributed by atoms with van der Waals surface area (Å²) in [6.07, 6.45) is 3.65. The molecule has 1 saturated carbocycles. The van der Waals surface area contributed by atoms with E-state index in [1.807, 2.05) is 0 Å². The molecule has 0 atom stereocenters. The van der Waals surface area contributed by atoms with Gasteiger partial charge in [0.05, 0.1) is 18.4 Å². The maximum atomic E-state index is 11.3. The summed E-state index contributed by atoms with van der Waals surface area (Å²) in [6, 6.07) is 0. The Morgan fingerprint density at radius 2 is 2.25 bits per heavy atom. The van der Waals surface area contributed by atoms with Gasteiger partial charge in [-0.2, -0.15) is 0 Å². The average Bonchev–Trinajstić information content (AvgIpc) is 2.88. The van der Waals surface area contributed by atoms with Gasteiger partial charge in [0.25, 0.3) is 0 Å². The Labute approximate surface area is 71.4 Å². The van der Waals surface area contributed by atoms with Crippen LogP contribution in [0, 0.1) is 5.92 Å². The zero-order chi connectivity index (χ0) is 8.97. The van der Waals surface area contributed by atoms with Crippen LogP contribution in [-0.4, -0.2) is 18.7 Å². The maximum absolute atomic E-state index is 11.3. The molecule has 3 heteroatoms. The van der Waals surface area contributed by atoms with Gasteiger partial charge in [0, 0.05) is 5.92 Å². The fourth-order valence-electron chi connectivity index (χ4n) is 0.898. The lowest BCUT2D eigenvalue weighted by molar-refractivity contribution is -0.118. The highest BCUT2D eigenvalue weighted by Gasteiger charge is 2.31. The van der Waals surface area contributed by atoms with Gasteiger partial charge in [-0.1, -0.05) is 0 Å². The number of ether oxygens (including phenoxy) is 1. The zero-order valence-electron chi connectivity index (χ0n) is 7.08. The number of carbonyl (C=O) groups excluding carboxylic acids is 2. The number of hydrogen-bond donors (Lipinski definition) is 0. The van der Waals surface area contributed by atoms with E-state index in [4.69, 9.17) is 4.74 Å². The lowest BCUT2D eigenvalue weighted by Crippen LogP contribution is -2.06. The van der Waals surface area contributed by atoms with Gasteiger partial charge in [-0.3, -0.25) is 9.59 Å². The van der Waals surface area contributed by atoms with Crippen molar-refractivity contribution in [2.75, 3.05) is 6.61 Å². The molecule has 1 fully saturated rings. The van der Waals surface area contributed by atoms with E-state index in [0.717, 1.165) is 12.8 Å². The Hall–Kier alpha value is -1.12. The number of allylic oxidation sites excluding steroid dienone is 1. The van der Waals surface area contributed by atoms with Crippen molar-refractivity contribution in [3.05, 3.63) is 11.8 Å². The van der Waals surface area contributed by atoms with E-state index in [1.54, 1.807) is 6.92 Å². The third kappa shape index (κ3) is 2.19. The largest absolute Gasteiger partial charge is 0.501 e. The molecule has 1 aliphatic rings. The van der Waals surface area contributed by atoms with Crippen LogP contribution < -0.4 is 0 Å². The molecule has 0 saturated heterocycles. The number of aldehydes is 1. The van der Waals surface area contributed by atoms with E-state index >= 15 is 0 Å². The van der Waals surface area contributed by atoms with Crippen LogP contribution in [0.4, 0.5) is 0 Å². The Kier molecular flexibility index (Phi) is 3.02. The molecule has 66 valence electrons. The van der Waals surface area contributed by atoms with Crippen LogP contribution in [0.15, 0.2) is 11.8 Å². The van der Waals surface area contributed by atoms with Crippen LogP contribution in [-0.2, 0) is 14.3 Å². The lowest BCUT2D eigenvalue weighted by atomic mass is 10.1. The second-order valence-electron chi connectivity index (χ2n) is 2.78. The molecule has 1 aliphatic carbocycles. The van der Waals surface area contributed by atoms with Gasteiger partial charge in [-0.05, 0) is 19.8 Å². The quantitative estimate of drug-likeness (QED) is 0.203. The van der Waals surface area contributed by atoms with Crippen molar-refractivity contribution in [2.24, 2.45) is 5.92 Å². The molecule has 0 unspecified atom stereocenters. The van der Waals surface area contributed by atoms with Gasteiger partial charge >= 0.3 is 0 Å². The van der Waals surface area contributed by atoms with E-state index in [1.165, 1.54) is 6.26 Å². The molecule has 0 radical (unpaired) electrons. The molecule has 0 heterocycles. The molecule has 12 heavy (non-hydrogen) atoms. The van der Waals surface area contributed by atoms with Crippen molar-refractivity contribution >= 4 is 12.1 Å². The summed E-state index contributed by atoms with van der Waals surface area (Å²) in [4.78, 5) is 21.7. The van der Waals surface area contributed by atoms with Crippen LogP contribution in [0.25, 0.3) is 0 Å². The molecular formula is C9H12O3. The molecule has 1 rings (SSSR count). The normalized spacial score (nSPS) is 17.2. The van der Waals surface area contributed by atoms with E-state index < -0.39 is 0 Å². The summed E-state index contributed by atoms with van der Waals surface area (Å²) in [6.45, 7) is 2.29. The van der Waals surface area contributed by atoms with Gasteiger partial charge < -0.3 is 4.74 Å². The van der Waals surface area contributed by atoms with Gasteiger partial charge in [0.1, 0.15) is 0 Å². The van der Waals surface area contributed by atoms with Crippen molar-refractivity contribution in [1.82, 2.24) is 0 Å². The van der Waals surface area contributed by atoms with E-state index in [-0.39, 0.29) is 17.3 Å². The van der Waals surface area contributed by atoms with Gasteiger partial charge in [-0.25, -0.2) is 0 Å². The monoisotopic (exact) mass is 168 g/mol. The fraction of sp³-hybridized carbons (Fsp3) is 0.556. The number of rotatable bonds is 5. The molecule has 3 nitrogen and oxygen atoms in total. The van der Waals surface area contributed by atoms with Crippen LogP contribution >= 0.6 is 0 Å². The zero-order valence-corrected chi connectivity index (χ0v) is 7.08. The van der Waals surface area contributed by atoms with Gasteiger partial charge in [-0.15, -0.1) is 0 Å². The highest BCUT2D eigenvalue weighted by molar-refractivity contribution is 6.13. The lowest BCUT2D eigenvalue weighted by Gasteiger charge is -1.97. The Balaban J connectivity index is 2.53. The van der Waals surface area contributed by atoms with Crippen LogP contribution in [0.1, 0.15) is 19.8 Å². The second-order valence-corrected chi connectivity index (χ2v) is 2.78. The first-order chi connectivity index (χ1) is 5.79. The van der Waals surface area contributed by atoms with Crippen molar-refractivity contribution in [3.8, 4) is 0 Å². The highest BCUT2D eigenvalue weighted by Crippen LogP contribution is 2.31. The molecule has 0 spiro atoms. The van der Waals surface area contributed by atoms with Gasteiger partial charge in [0.2, 0.25) is 0 Å². The van der Waals surface area contributed by atoms with Crippen molar-refractivity contribution < 1.29 is 14.3 Å². The minimum atomic E-state index is -0.0709. The Bertz CT molecular complexity index is 214. The number of Topliss-reactive ketones (excluding diaryl/α,β-unsaturated/α-hetero) is 1. The number of carbonyl (C=O) groups is 2. The third-order valence-electron chi connectivity index (χ3n) is 1.74. The molecule has 0 bridgehead atoms. The van der Waals surface area contributed by atoms with Crippen LogP contribution in [0.5, 0.6) is 0 Å². The SMILES string of the molecule is CCOC=C(C=O)C(=O)C1CC1. The standard InChI is InChI=1S/C9H12O3/c1-2-12-6-8(5-10)9(11)7-3-4-7/h5-7H,2-4H2,1H3. The maximum Gasteiger partial charge on any atom is 0.172 e. The first-order valence-electron chi connectivity index (χ1n) is 4.10. The van der Waals surface area contributed by atoms with Crippen LogP contribution in [0.2, 0.25) is 0 Å². The van der Waals surface area contributed by atoms with Crippen LogP contribution in [0.3, 0.4) is 0 Å². The summed E-state index contributed by atoms with van der Waals surface area (Å²) < 4.78 is 4.87. The molecule has 0 aliphatic heterocycles. The van der Waals surface area contributed by atoms with Crippen molar-refractivity contribution in [1.29, 1.82) is 0 Å². The van der Waals surface area contributed by atoms with E-state index in [9.17, 15) is 9.59 Å². The summed E-state index contributed by atoms with van der Waals surface area (Å²) >= 11 is 0. The van der Waals surface area contributed by atoms with Crippen molar-refractivity contribution in [2.45, 2.75) is 19.8 Å². The van der Waals surface area contributed by atoms with Gasteiger partial charge in [0.15, 0.2) is 12.1 Å². The summed E-state index contributed by atoms with van der Waals surface area (Å²) in [7, 11) is 0. The first-order valence-corrected chi connectivity index (χ1v) is 4.10. The molecule has 0 aromatic carbocycles. The molecular weight excluding hydrogens is 156 g/mol. The first kappa shape index (κ1) is 8.97. The highest BCUT2D eigenvalue weighted by atomic mass is 16.5. The average molecular weight is 168 g/mol. The summed E-state index contributed by atoms with van der Waals surface area (Å²) in [5.74, 6) is 0.0142. The third-order valence-corrected chi connectivity index (χ3v) is 1.74. The minimum Gasteiger partial charge on any atom is -0.501 e. The molecule has 0 aromatic rings. The van der Waals surface area contributed by atoms with Crippen molar-refractivity contribution in [3.63, 3.8) is 0 Å². The fourth-order valence-corrected chi connectivity index (χ4v) is 0.898. The molecule has 0 N–H and O–H groups in total. The molecule has 0 aromatic heterocycles. The minimum absolute atomic E-state index is 0.0709.